The molecule has 1 aliphatic heterocycles. The molecule has 0 atom stereocenters. The largest absolute Gasteiger partial charge is 0.399 e. The Labute approximate surface area is 124 Å². The van der Waals surface area contributed by atoms with Crippen LogP contribution in [0.2, 0.25) is 0 Å². The molecule has 1 saturated carbocycles. The zero-order chi connectivity index (χ0) is 14.4. The molecule has 2 aliphatic rings. The van der Waals surface area contributed by atoms with Crippen LogP contribution >= 0.6 is 0 Å². The van der Waals surface area contributed by atoms with Gasteiger partial charge in [0.15, 0.2) is 0 Å². The number of anilines is 1. The van der Waals surface area contributed by atoms with Gasteiger partial charge in [-0.1, -0.05) is 36.4 Å². The first-order valence-corrected chi connectivity index (χ1v) is 7.41. The Morgan fingerprint density at radius 2 is 1.71 bits per heavy atom. The van der Waals surface area contributed by atoms with Crippen molar-refractivity contribution in [1.82, 2.24) is 4.90 Å². The molecule has 106 valence electrons. The number of rotatable bonds is 2. The fourth-order valence-electron chi connectivity index (χ4n) is 3.37. The maximum absolute atomic E-state index is 13.0. The van der Waals surface area contributed by atoms with Crippen molar-refractivity contribution in [3.8, 4) is 0 Å². The average Bonchev–Trinajstić information content (AvgIpc) is 3.21. The molecule has 2 aromatic rings. The summed E-state index contributed by atoms with van der Waals surface area (Å²) in [5.41, 5.74) is 9.91. The molecule has 0 radical (unpaired) electrons. The predicted octanol–water partition coefficient (Wildman–Crippen LogP) is 2.84. The SMILES string of the molecule is Nc1ccc2c(c1)CN(C(=O)C1(c3ccccc3)CC1)C2. The van der Waals surface area contributed by atoms with Gasteiger partial charge in [-0.25, -0.2) is 0 Å². The van der Waals surface area contributed by atoms with Gasteiger partial charge in [-0.15, -0.1) is 0 Å². The number of carbonyl (C=O) groups is 1. The lowest BCUT2D eigenvalue weighted by Crippen LogP contribution is -2.35. The van der Waals surface area contributed by atoms with Gasteiger partial charge in [-0.3, -0.25) is 4.79 Å². The van der Waals surface area contributed by atoms with E-state index >= 15 is 0 Å². The first-order valence-electron chi connectivity index (χ1n) is 7.41. The average molecular weight is 278 g/mol. The Kier molecular flexibility index (Phi) is 2.58. The van der Waals surface area contributed by atoms with Crippen molar-refractivity contribution in [2.45, 2.75) is 31.3 Å². The summed E-state index contributed by atoms with van der Waals surface area (Å²) < 4.78 is 0. The standard InChI is InChI=1S/C18H18N2O/c19-16-7-6-13-11-20(12-14(13)10-16)17(21)18(8-9-18)15-4-2-1-3-5-15/h1-7,10H,8-9,11-12,19H2. The summed E-state index contributed by atoms with van der Waals surface area (Å²) in [6.45, 7) is 1.40. The Bertz CT molecular complexity index is 704. The number of nitrogens with zero attached hydrogens (tertiary/aromatic N) is 1. The van der Waals surface area contributed by atoms with E-state index in [1.165, 1.54) is 11.1 Å². The smallest absolute Gasteiger partial charge is 0.233 e. The fourth-order valence-corrected chi connectivity index (χ4v) is 3.37. The third-order valence-corrected chi connectivity index (χ3v) is 4.73. The molecule has 1 amide bonds. The number of fused-ring (bicyclic) bond motifs is 1. The highest BCUT2D eigenvalue weighted by molar-refractivity contribution is 5.91. The molecule has 21 heavy (non-hydrogen) atoms. The van der Waals surface area contributed by atoms with E-state index in [0.29, 0.717) is 13.1 Å². The predicted molar refractivity (Wildman–Crippen MR) is 82.5 cm³/mol. The first kappa shape index (κ1) is 12.5. The second-order valence-corrected chi connectivity index (χ2v) is 6.14. The van der Waals surface area contributed by atoms with E-state index in [1.807, 2.05) is 41.3 Å². The lowest BCUT2D eigenvalue weighted by atomic mass is 9.94. The molecule has 4 rings (SSSR count). The van der Waals surface area contributed by atoms with Crippen molar-refractivity contribution in [3.05, 3.63) is 65.2 Å². The Morgan fingerprint density at radius 3 is 2.43 bits per heavy atom. The molecule has 2 aromatic carbocycles. The van der Waals surface area contributed by atoms with E-state index in [0.717, 1.165) is 24.1 Å². The van der Waals surface area contributed by atoms with Crippen molar-refractivity contribution in [2.24, 2.45) is 0 Å². The van der Waals surface area contributed by atoms with Crippen molar-refractivity contribution < 1.29 is 4.79 Å². The topological polar surface area (TPSA) is 46.3 Å². The van der Waals surface area contributed by atoms with Gasteiger partial charge in [0.1, 0.15) is 0 Å². The van der Waals surface area contributed by atoms with Gasteiger partial charge in [0, 0.05) is 18.8 Å². The first-order chi connectivity index (χ1) is 10.2. The lowest BCUT2D eigenvalue weighted by molar-refractivity contribution is -0.134. The van der Waals surface area contributed by atoms with E-state index in [1.54, 1.807) is 0 Å². The summed E-state index contributed by atoms with van der Waals surface area (Å²) in [4.78, 5) is 15.0. The number of carbonyl (C=O) groups excluding carboxylic acids is 1. The Hall–Kier alpha value is -2.29. The van der Waals surface area contributed by atoms with E-state index in [9.17, 15) is 4.79 Å². The third kappa shape index (κ3) is 1.92. The van der Waals surface area contributed by atoms with Crippen LogP contribution in [0.5, 0.6) is 0 Å². The van der Waals surface area contributed by atoms with Crippen LogP contribution in [0.4, 0.5) is 5.69 Å². The van der Waals surface area contributed by atoms with Crippen LogP contribution < -0.4 is 5.73 Å². The summed E-state index contributed by atoms with van der Waals surface area (Å²) in [5.74, 6) is 0.267. The van der Waals surface area contributed by atoms with Crippen LogP contribution in [0.15, 0.2) is 48.5 Å². The zero-order valence-electron chi connectivity index (χ0n) is 11.9. The van der Waals surface area contributed by atoms with Gasteiger partial charge in [0.05, 0.1) is 5.41 Å². The maximum Gasteiger partial charge on any atom is 0.233 e. The van der Waals surface area contributed by atoms with Crippen molar-refractivity contribution in [2.75, 3.05) is 5.73 Å². The Morgan fingerprint density at radius 1 is 1.00 bits per heavy atom. The summed E-state index contributed by atoms with van der Waals surface area (Å²) in [5, 5.41) is 0. The van der Waals surface area contributed by atoms with Crippen LogP contribution in [-0.4, -0.2) is 10.8 Å². The molecular weight excluding hydrogens is 260 g/mol. The minimum Gasteiger partial charge on any atom is -0.399 e. The molecule has 0 saturated heterocycles. The van der Waals surface area contributed by atoms with E-state index < -0.39 is 0 Å². The minimum absolute atomic E-state index is 0.267. The van der Waals surface area contributed by atoms with Gasteiger partial charge >= 0.3 is 0 Å². The molecule has 3 nitrogen and oxygen atoms in total. The highest BCUT2D eigenvalue weighted by atomic mass is 16.2. The van der Waals surface area contributed by atoms with E-state index in [-0.39, 0.29) is 11.3 Å². The highest BCUT2D eigenvalue weighted by Crippen LogP contribution is 2.50. The van der Waals surface area contributed by atoms with Crippen LogP contribution in [0.25, 0.3) is 0 Å². The number of hydrogen-bond donors (Lipinski definition) is 1. The molecule has 2 N–H and O–H groups in total. The molecule has 3 heteroatoms. The normalized spacial score (nSPS) is 18.4. The number of nitrogens with two attached hydrogens (primary N) is 1. The molecule has 1 heterocycles. The van der Waals surface area contributed by atoms with Crippen molar-refractivity contribution >= 4 is 11.6 Å². The van der Waals surface area contributed by atoms with E-state index in [2.05, 4.69) is 12.1 Å². The van der Waals surface area contributed by atoms with Gasteiger partial charge < -0.3 is 10.6 Å². The van der Waals surface area contributed by atoms with Crippen molar-refractivity contribution in [1.29, 1.82) is 0 Å². The van der Waals surface area contributed by atoms with Crippen LogP contribution in [0.3, 0.4) is 0 Å². The number of nitrogen functional groups attached to an aromatic ring is 1. The maximum atomic E-state index is 13.0. The monoisotopic (exact) mass is 278 g/mol. The second kappa shape index (κ2) is 4.35. The fraction of sp³-hybridized carbons (Fsp3) is 0.278. The van der Waals surface area contributed by atoms with Crippen molar-refractivity contribution in [3.63, 3.8) is 0 Å². The molecule has 0 spiro atoms. The molecule has 1 aliphatic carbocycles. The Balaban J connectivity index is 1.60. The number of hydrogen-bond acceptors (Lipinski definition) is 2. The summed E-state index contributed by atoms with van der Waals surface area (Å²) in [6.07, 6.45) is 1.93. The second-order valence-electron chi connectivity index (χ2n) is 6.14. The van der Waals surface area contributed by atoms with Crippen LogP contribution in [0.1, 0.15) is 29.5 Å². The van der Waals surface area contributed by atoms with E-state index in [4.69, 9.17) is 5.73 Å². The third-order valence-electron chi connectivity index (χ3n) is 4.73. The summed E-state index contributed by atoms with van der Waals surface area (Å²) in [7, 11) is 0. The molecule has 0 bridgehead atoms. The van der Waals surface area contributed by atoms with Crippen LogP contribution in [0, 0.1) is 0 Å². The molecule has 0 aromatic heterocycles. The van der Waals surface area contributed by atoms with Gasteiger partial charge in [0.25, 0.3) is 0 Å². The quantitative estimate of drug-likeness (QED) is 0.859. The summed E-state index contributed by atoms with van der Waals surface area (Å²) in [6, 6.07) is 16.1. The van der Waals surface area contributed by atoms with Gasteiger partial charge in [-0.05, 0) is 41.7 Å². The molecule has 1 fully saturated rings. The lowest BCUT2D eigenvalue weighted by Gasteiger charge is -2.23. The molecule has 0 unspecified atom stereocenters. The summed E-state index contributed by atoms with van der Waals surface area (Å²) >= 11 is 0. The number of amides is 1. The van der Waals surface area contributed by atoms with Gasteiger partial charge in [0.2, 0.25) is 5.91 Å². The van der Waals surface area contributed by atoms with Gasteiger partial charge in [-0.2, -0.15) is 0 Å². The number of benzene rings is 2. The minimum atomic E-state index is -0.269. The molecular formula is C18H18N2O. The highest BCUT2D eigenvalue weighted by Gasteiger charge is 2.53. The van der Waals surface area contributed by atoms with Crippen LogP contribution in [-0.2, 0) is 23.3 Å². The zero-order valence-corrected chi connectivity index (χ0v) is 11.9.